The summed E-state index contributed by atoms with van der Waals surface area (Å²) in [7, 11) is 7.33. The Labute approximate surface area is 178 Å². The highest BCUT2D eigenvalue weighted by molar-refractivity contribution is 6.50. The van der Waals surface area contributed by atoms with Crippen molar-refractivity contribution in [3.63, 3.8) is 0 Å². The van der Waals surface area contributed by atoms with E-state index < -0.39 is 0 Å². The van der Waals surface area contributed by atoms with Crippen LogP contribution >= 0.6 is 0 Å². The van der Waals surface area contributed by atoms with Gasteiger partial charge in [0.05, 0.1) is 29.3 Å². The topological polar surface area (TPSA) is 77.3 Å². The minimum absolute atomic E-state index is 0.379. The molecule has 3 heterocycles. The Morgan fingerprint density at radius 2 is 1.39 bits per heavy atom. The average molecular weight is 414 g/mol. The molecule has 2 N–H and O–H groups in total. The Balaban J connectivity index is 1.81. The SMILES string of the molecule is CNc1ccc2c(C3=C(c4cn(C)c5cc(OC)ccc45)C(=O)NC3=O)cn(C)c2c1. The lowest BCUT2D eigenvalue weighted by molar-refractivity contribution is -0.122. The molecule has 0 aliphatic carbocycles. The second kappa shape index (κ2) is 6.77. The number of anilines is 1. The molecule has 31 heavy (non-hydrogen) atoms. The smallest absolute Gasteiger partial charge is 0.259 e. The summed E-state index contributed by atoms with van der Waals surface area (Å²) in [6.45, 7) is 0. The zero-order valence-electron chi connectivity index (χ0n) is 17.7. The van der Waals surface area contributed by atoms with E-state index in [9.17, 15) is 9.59 Å². The molecule has 2 amide bonds. The number of aromatic nitrogens is 2. The molecule has 2 aromatic heterocycles. The first-order chi connectivity index (χ1) is 14.9. The van der Waals surface area contributed by atoms with Gasteiger partial charge in [-0.3, -0.25) is 14.9 Å². The van der Waals surface area contributed by atoms with E-state index in [1.54, 1.807) is 7.11 Å². The maximum absolute atomic E-state index is 13.0. The molecule has 5 rings (SSSR count). The summed E-state index contributed by atoms with van der Waals surface area (Å²) < 4.78 is 9.26. The van der Waals surface area contributed by atoms with Crippen LogP contribution < -0.4 is 15.4 Å². The van der Waals surface area contributed by atoms with Crippen LogP contribution in [0.5, 0.6) is 5.75 Å². The van der Waals surface area contributed by atoms with E-state index in [1.807, 2.05) is 79.1 Å². The van der Waals surface area contributed by atoms with E-state index in [1.165, 1.54) is 0 Å². The molecule has 2 aromatic carbocycles. The maximum Gasteiger partial charge on any atom is 0.259 e. The van der Waals surface area contributed by atoms with Crippen LogP contribution in [0.4, 0.5) is 5.69 Å². The Kier molecular flexibility index (Phi) is 4.15. The molecule has 7 heteroatoms. The second-order valence-electron chi connectivity index (χ2n) is 7.71. The molecule has 0 saturated carbocycles. The highest BCUT2D eigenvalue weighted by atomic mass is 16.5. The maximum atomic E-state index is 13.0. The fourth-order valence-corrected chi connectivity index (χ4v) is 4.40. The number of nitrogens with one attached hydrogen (secondary N) is 2. The molecule has 1 aliphatic rings. The fraction of sp³-hybridized carbons (Fsp3) is 0.167. The summed E-state index contributed by atoms with van der Waals surface area (Å²) in [5.74, 6) is -0.0290. The second-order valence-corrected chi connectivity index (χ2v) is 7.71. The predicted molar refractivity (Wildman–Crippen MR) is 122 cm³/mol. The van der Waals surface area contributed by atoms with Gasteiger partial charge in [-0.05, 0) is 24.3 Å². The summed E-state index contributed by atoms with van der Waals surface area (Å²) in [6.07, 6.45) is 3.80. The number of carbonyl (C=O) groups excluding carboxylic acids is 2. The van der Waals surface area contributed by atoms with Gasteiger partial charge in [-0.25, -0.2) is 0 Å². The van der Waals surface area contributed by atoms with E-state index in [-0.39, 0.29) is 11.8 Å². The van der Waals surface area contributed by atoms with Gasteiger partial charge >= 0.3 is 0 Å². The number of ether oxygens (including phenoxy) is 1. The van der Waals surface area contributed by atoms with Crippen molar-refractivity contribution < 1.29 is 14.3 Å². The van der Waals surface area contributed by atoms with E-state index in [0.29, 0.717) is 11.1 Å². The number of nitrogens with zero attached hydrogens (tertiary/aromatic N) is 2. The molecule has 0 atom stereocenters. The first-order valence-electron chi connectivity index (χ1n) is 9.93. The van der Waals surface area contributed by atoms with Crippen LogP contribution in [0.3, 0.4) is 0 Å². The number of hydrogen-bond donors (Lipinski definition) is 2. The summed E-state index contributed by atoms with van der Waals surface area (Å²) in [4.78, 5) is 25.9. The first-order valence-corrected chi connectivity index (χ1v) is 9.93. The third kappa shape index (κ3) is 2.73. The number of aryl methyl sites for hydroxylation is 2. The van der Waals surface area contributed by atoms with Crippen LogP contribution in [0.25, 0.3) is 33.0 Å². The zero-order valence-corrected chi connectivity index (χ0v) is 17.7. The van der Waals surface area contributed by atoms with Gasteiger partial charge in [-0.2, -0.15) is 0 Å². The molecule has 0 bridgehead atoms. The number of hydrogen-bond acceptors (Lipinski definition) is 4. The van der Waals surface area contributed by atoms with Gasteiger partial charge in [0, 0.05) is 67.2 Å². The van der Waals surface area contributed by atoms with Crippen molar-refractivity contribution in [2.75, 3.05) is 19.5 Å². The third-order valence-corrected chi connectivity index (χ3v) is 5.95. The number of imide groups is 1. The van der Waals surface area contributed by atoms with Gasteiger partial charge in [-0.1, -0.05) is 6.07 Å². The van der Waals surface area contributed by atoms with Crippen molar-refractivity contribution in [3.05, 3.63) is 59.9 Å². The van der Waals surface area contributed by atoms with Gasteiger partial charge in [0.2, 0.25) is 0 Å². The zero-order chi connectivity index (χ0) is 21.9. The van der Waals surface area contributed by atoms with Gasteiger partial charge < -0.3 is 19.2 Å². The number of carbonyl (C=O) groups is 2. The van der Waals surface area contributed by atoms with Crippen LogP contribution in [-0.2, 0) is 23.7 Å². The molecule has 0 fully saturated rings. The summed E-state index contributed by atoms with van der Waals surface area (Å²) in [5.41, 5.74) is 5.13. The number of fused-ring (bicyclic) bond motifs is 2. The molecule has 0 radical (unpaired) electrons. The van der Waals surface area contributed by atoms with Crippen LogP contribution in [0.2, 0.25) is 0 Å². The van der Waals surface area contributed by atoms with Crippen molar-refractivity contribution >= 4 is 50.5 Å². The number of methoxy groups -OCH3 is 1. The Hall–Kier alpha value is -4.00. The quantitative estimate of drug-likeness (QED) is 0.503. The minimum atomic E-state index is -0.382. The molecule has 1 aliphatic heterocycles. The van der Waals surface area contributed by atoms with E-state index in [0.717, 1.165) is 44.4 Å². The Morgan fingerprint density at radius 3 is 1.94 bits per heavy atom. The standard InChI is InChI=1S/C24H22N4O3/c1-25-13-5-7-15-17(11-27(2)19(15)9-13)21-22(24(30)26-23(21)29)18-12-28(3)20-10-14(31-4)6-8-16(18)20/h5-12,25H,1-4H3,(H,26,29,30). The van der Waals surface area contributed by atoms with Gasteiger partial charge in [0.1, 0.15) is 5.75 Å². The van der Waals surface area contributed by atoms with E-state index in [2.05, 4.69) is 10.6 Å². The summed E-state index contributed by atoms with van der Waals surface area (Å²) in [5, 5.41) is 7.44. The molecular formula is C24H22N4O3. The number of benzene rings is 2. The van der Waals surface area contributed by atoms with Crippen LogP contribution in [-0.4, -0.2) is 35.1 Å². The number of rotatable bonds is 4. The van der Waals surface area contributed by atoms with Crippen LogP contribution in [0, 0.1) is 0 Å². The van der Waals surface area contributed by atoms with Crippen molar-refractivity contribution in [3.8, 4) is 5.75 Å². The lowest BCUT2D eigenvalue weighted by Crippen LogP contribution is -2.22. The van der Waals surface area contributed by atoms with Crippen molar-refractivity contribution in [1.82, 2.24) is 14.5 Å². The van der Waals surface area contributed by atoms with E-state index in [4.69, 9.17) is 4.74 Å². The van der Waals surface area contributed by atoms with Crippen molar-refractivity contribution in [2.24, 2.45) is 14.1 Å². The van der Waals surface area contributed by atoms with E-state index >= 15 is 0 Å². The number of amides is 2. The first kappa shape index (κ1) is 19.0. The van der Waals surface area contributed by atoms with Crippen molar-refractivity contribution in [1.29, 1.82) is 0 Å². The molecule has 0 saturated heterocycles. The molecule has 156 valence electrons. The lowest BCUT2D eigenvalue weighted by Gasteiger charge is -2.05. The van der Waals surface area contributed by atoms with Crippen molar-refractivity contribution in [2.45, 2.75) is 0 Å². The molecule has 0 unspecified atom stereocenters. The van der Waals surface area contributed by atoms with Gasteiger partial charge in [0.15, 0.2) is 0 Å². The highest BCUT2D eigenvalue weighted by Crippen LogP contribution is 2.39. The highest BCUT2D eigenvalue weighted by Gasteiger charge is 2.35. The summed E-state index contributed by atoms with van der Waals surface area (Å²) >= 11 is 0. The normalized spacial score (nSPS) is 14.1. The summed E-state index contributed by atoms with van der Waals surface area (Å²) in [6, 6.07) is 11.7. The van der Waals surface area contributed by atoms with Crippen LogP contribution in [0.1, 0.15) is 11.1 Å². The van der Waals surface area contributed by atoms with Gasteiger partial charge in [0.25, 0.3) is 11.8 Å². The average Bonchev–Trinajstić information content (AvgIpc) is 3.37. The Morgan fingerprint density at radius 1 is 0.839 bits per heavy atom. The largest absolute Gasteiger partial charge is 0.497 e. The van der Waals surface area contributed by atoms with Crippen LogP contribution in [0.15, 0.2) is 48.8 Å². The third-order valence-electron chi connectivity index (χ3n) is 5.95. The predicted octanol–water partition coefficient (Wildman–Crippen LogP) is 3.29. The minimum Gasteiger partial charge on any atom is -0.497 e. The monoisotopic (exact) mass is 414 g/mol. The lowest BCUT2D eigenvalue weighted by atomic mass is 9.95. The molecular weight excluding hydrogens is 392 g/mol. The Bertz CT molecular complexity index is 1330. The fourth-order valence-electron chi connectivity index (χ4n) is 4.40. The molecule has 7 nitrogen and oxygen atoms in total. The molecule has 0 spiro atoms. The molecule has 4 aromatic rings. The van der Waals surface area contributed by atoms with Gasteiger partial charge in [-0.15, -0.1) is 0 Å².